The first-order chi connectivity index (χ1) is 12.2. The molecule has 2 aromatic carbocycles. The third-order valence-electron chi connectivity index (χ3n) is 5.37. The number of hydrogen-bond acceptors (Lipinski definition) is 4. The summed E-state index contributed by atoms with van der Waals surface area (Å²) >= 11 is 0. The van der Waals surface area contributed by atoms with Crippen molar-refractivity contribution in [3.8, 4) is 0 Å². The minimum absolute atomic E-state index is 0.296. The van der Waals surface area contributed by atoms with E-state index in [1.54, 1.807) is 0 Å². The number of hydrogen-bond donors (Lipinski definition) is 0. The second-order valence-corrected chi connectivity index (χ2v) is 7.18. The molecule has 130 valence electrons. The molecule has 4 heteroatoms. The Morgan fingerprint density at radius 3 is 2.56 bits per heavy atom. The number of anilines is 2. The summed E-state index contributed by atoms with van der Waals surface area (Å²) in [5, 5.41) is 6.82. The summed E-state index contributed by atoms with van der Waals surface area (Å²) in [5.74, 6) is 0. The fourth-order valence-electron chi connectivity index (χ4n) is 3.84. The van der Waals surface area contributed by atoms with Crippen molar-refractivity contribution in [3.05, 3.63) is 60.2 Å². The average Bonchev–Trinajstić information content (AvgIpc) is 3.32. The Hall–Kier alpha value is -2.33. The van der Waals surface area contributed by atoms with Crippen LogP contribution in [0.4, 0.5) is 11.4 Å². The first kappa shape index (κ1) is 16.2. The third-order valence-corrected chi connectivity index (χ3v) is 5.37. The molecule has 25 heavy (non-hydrogen) atoms. The lowest BCUT2D eigenvalue weighted by atomic mass is 10.0. The highest BCUT2D eigenvalue weighted by Gasteiger charge is 2.27. The van der Waals surface area contributed by atoms with Gasteiger partial charge < -0.3 is 9.80 Å². The Morgan fingerprint density at radius 2 is 1.80 bits per heavy atom. The zero-order valence-corrected chi connectivity index (χ0v) is 15.0. The summed E-state index contributed by atoms with van der Waals surface area (Å²) in [7, 11) is 4.35. The monoisotopic (exact) mass is 334 g/mol. The summed E-state index contributed by atoms with van der Waals surface area (Å²) in [6.45, 7) is 2.22. The molecule has 1 unspecified atom stereocenters. The summed E-state index contributed by atoms with van der Waals surface area (Å²) in [5.41, 5.74) is 3.79. The normalized spacial score (nSPS) is 23.0. The van der Waals surface area contributed by atoms with Gasteiger partial charge in [0.1, 0.15) is 0 Å². The second-order valence-electron chi connectivity index (χ2n) is 7.18. The van der Waals surface area contributed by atoms with Crippen LogP contribution in [-0.2, 0) is 0 Å². The van der Waals surface area contributed by atoms with E-state index in [1.165, 1.54) is 23.4 Å². The molecule has 0 saturated carbocycles. The fourth-order valence-corrected chi connectivity index (χ4v) is 3.84. The van der Waals surface area contributed by atoms with E-state index in [0.717, 1.165) is 19.5 Å². The van der Waals surface area contributed by atoms with Crippen LogP contribution in [0.15, 0.2) is 59.7 Å². The molecule has 0 N–H and O–H groups in total. The molecule has 4 nitrogen and oxygen atoms in total. The van der Waals surface area contributed by atoms with Crippen LogP contribution in [0.1, 0.15) is 24.4 Å². The van der Waals surface area contributed by atoms with E-state index in [0.29, 0.717) is 12.1 Å². The molecule has 0 aliphatic carbocycles. The van der Waals surface area contributed by atoms with Gasteiger partial charge in [-0.2, -0.15) is 5.10 Å². The van der Waals surface area contributed by atoms with Crippen LogP contribution >= 0.6 is 0 Å². The minimum Gasteiger partial charge on any atom is -0.370 e. The largest absolute Gasteiger partial charge is 0.370 e. The van der Waals surface area contributed by atoms with Gasteiger partial charge in [0.05, 0.1) is 11.7 Å². The molecule has 2 aliphatic rings. The van der Waals surface area contributed by atoms with E-state index in [2.05, 4.69) is 88.6 Å². The number of nitrogens with zero attached hydrogens (tertiary/aromatic N) is 4. The first-order valence-corrected chi connectivity index (χ1v) is 9.10. The summed E-state index contributed by atoms with van der Waals surface area (Å²) in [4.78, 5) is 4.82. The molecule has 0 radical (unpaired) electrons. The SMILES string of the molecule is CN(C)[C@H]1CCN(c2cccc(N3N=CCC3c3ccccc3)c2)C1. The van der Waals surface area contributed by atoms with E-state index in [9.17, 15) is 0 Å². The van der Waals surface area contributed by atoms with E-state index in [1.807, 2.05) is 6.21 Å². The molecule has 1 saturated heterocycles. The van der Waals surface area contributed by atoms with Crippen LogP contribution in [-0.4, -0.2) is 44.3 Å². The van der Waals surface area contributed by atoms with Gasteiger partial charge in [0.15, 0.2) is 0 Å². The molecule has 0 spiro atoms. The van der Waals surface area contributed by atoms with Gasteiger partial charge in [0.2, 0.25) is 0 Å². The van der Waals surface area contributed by atoms with Crippen LogP contribution in [0.5, 0.6) is 0 Å². The smallest absolute Gasteiger partial charge is 0.0825 e. The molecule has 0 aromatic heterocycles. The quantitative estimate of drug-likeness (QED) is 0.850. The van der Waals surface area contributed by atoms with Crippen LogP contribution in [0.3, 0.4) is 0 Å². The standard InChI is InChI=1S/C21H26N4/c1-23(2)20-12-14-24(16-20)18-9-6-10-19(15-18)25-21(11-13-22-25)17-7-4-3-5-8-17/h3-10,13,15,20-21H,11-12,14,16H2,1-2H3/t20-,21?/m0/s1. The van der Waals surface area contributed by atoms with Crippen molar-refractivity contribution in [2.24, 2.45) is 5.10 Å². The zero-order valence-electron chi connectivity index (χ0n) is 15.0. The van der Waals surface area contributed by atoms with Crippen LogP contribution in [0.25, 0.3) is 0 Å². The second kappa shape index (κ2) is 6.89. The van der Waals surface area contributed by atoms with Gasteiger partial charge in [0, 0.05) is 37.5 Å². The zero-order chi connectivity index (χ0) is 17.2. The maximum Gasteiger partial charge on any atom is 0.0825 e. The van der Waals surface area contributed by atoms with E-state index in [4.69, 9.17) is 0 Å². The summed E-state index contributed by atoms with van der Waals surface area (Å²) in [6, 6.07) is 20.4. The average molecular weight is 334 g/mol. The summed E-state index contributed by atoms with van der Waals surface area (Å²) < 4.78 is 0. The lowest BCUT2D eigenvalue weighted by molar-refractivity contribution is 0.315. The number of hydrazone groups is 1. The predicted molar refractivity (Wildman–Crippen MR) is 106 cm³/mol. The molecule has 4 rings (SSSR count). The maximum atomic E-state index is 4.66. The van der Waals surface area contributed by atoms with Gasteiger partial charge in [0.25, 0.3) is 0 Å². The molecular weight excluding hydrogens is 308 g/mol. The van der Waals surface area contributed by atoms with E-state index >= 15 is 0 Å². The Kier molecular flexibility index (Phi) is 4.45. The highest BCUT2D eigenvalue weighted by atomic mass is 15.5. The Balaban J connectivity index is 1.56. The molecule has 0 amide bonds. The lowest BCUT2D eigenvalue weighted by Gasteiger charge is -2.26. The van der Waals surface area contributed by atoms with Crippen molar-refractivity contribution < 1.29 is 0 Å². The van der Waals surface area contributed by atoms with E-state index in [-0.39, 0.29) is 0 Å². The van der Waals surface area contributed by atoms with Crippen molar-refractivity contribution in [2.75, 3.05) is 37.1 Å². The molecular formula is C21H26N4. The summed E-state index contributed by atoms with van der Waals surface area (Å²) in [6.07, 6.45) is 4.22. The highest BCUT2D eigenvalue weighted by molar-refractivity contribution is 5.69. The topological polar surface area (TPSA) is 22.1 Å². The predicted octanol–water partition coefficient (Wildman–Crippen LogP) is 3.76. The van der Waals surface area contributed by atoms with Gasteiger partial charge in [-0.15, -0.1) is 0 Å². The molecule has 2 aliphatic heterocycles. The highest BCUT2D eigenvalue weighted by Crippen LogP contribution is 2.35. The number of benzene rings is 2. The van der Waals surface area contributed by atoms with Crippen molar-refractivity contribution in [3.63, 3.8) is 0 Å². The van der Waals surface area contributed by atoms with Gasteiger partial charge in [-0.1, -0.05) is 36.4 Å². The first-order valence-electron chi connectivity index (χ1n) is 9.10. The number of likely N-dealkylation sites (N-methyl/N-ethyl adjacent to an activating group) is 1. The Bertz CT molecular complexity index is 741. The lowest BCUT2D eigenvalue weighted by Crippen LogP contribution is -2.31. The van der Waals surface area contributed by atoms with Crippen molar-refractivity contribution in [1.29, 1.82) is 0 Å². The molecule has 2 aromatic rings. The van der Waals surface area contributed by atoms with E-state index < -0.39 is 0 Å². The van der Waals surface area contributed by atoms with Crippen molar-refractivity contribution >= 4 is 17.6 Å². The van der Waals surface area contributed by atoms with Gasteiger partial charge in [-0.25, -0.2) is 0 Å². The fraction of sp³-hybridized carbons (Fsp3) is 0.381. The van der Waals surface area contributed by atoms with Crippen LogP contribution in [0.2, 0.25) is 0 Å². The minimum atomic E-state index is 0.296. The Morgan fingerprint density at radius 1 is 1.00 bits per heavy atom. The maximum absolute atomic E-state index is 4.66. The van der Waals surface area contributed by atoms with Gasteiger partial charge in [-0.3, -0.25) is 5.01 Å². The van der Waals surface area contributed by atoms with Gasteiger partial charge >= 0.3 is 0 Å². The molecule has 2 atom stereocenters. The Labute approximate surface area is 150 Å². The molecule has 1 fully saturated rings. The number of rotatable bonds is 4. The molecule has 2 heterocycles. The third kappa shape index (κ3) is 3.27. The van der Waals surface area contributed by atoms with Crippen LogP contribution in [0, 0.1) is 0 Å². The van der Waals surface area contributed by atoms with Crippen LogP contribution < -0.4 is 9.91 Å². The van der Waals surface area contributed by atoms with Crippen molar-refractivity contribution in [2.45, 2.75) is 24.9 Å². The van der Waals surface area contributed by atoms with Gasteiger partial charge in [-0.05, 0) is 44.3 Å². The van der Waals surface area contributed by atoms with Crippen molar-refractivity contribution in [1.82, 2.24) is 4.90 Å². The molecule has 0 bridgehead atoms.